The van der Waals surface area contributed by atoms with E-state index in [0.29, 0.717) is 13.2 Å². The third-order valence-electron chi connectivity index (χ3n) is 4.81. The molecule has 0 spiro atoms. The molecule has 2 amide bonds. The van der Waals surface area contributed by atoms with Gasteiger partial charge < -0.3 is 20.7 Å². The molecular formula is C18H26N4O5. The lowest BCUT2D eigenvalue weighted by molar-refractivity contribution is -0.384. The molecule has 0 radical (unpaired) electrons. The minimum atomic E-state index is -0.766. The number of nitro benzene ring substituents is 1. The Morgan fingerprint density at radius 2 is 2.07 bits per heavy atom. The van der Waals surface area contributed by atoms with E-state index < -0.39 is 16.9 Å². The fourth-order valence-electron chi connectivity index (χ4n) is 3.17. The van der Waals surface area contributed by atoms with E-state index in [2.05, 4.69) is 16.0 Å². The van der Waals surface area contributed by atoms with Crippen LogP contribution in [0.1, 0.15) is 30.1 Å². The number of carbonyl (C=O) groups excluding carboxylic acids is 2. The monoisotopic (exact) mass is 378 g/mol. The lowest BCUT2D eigenvalue weighted by Gasteiger charge is -2.37. The molecule has 1 saturated heterocycles. The Morgan fingerprint density at radius 1 is 1.37 bits per heavy atom. The molecule has 0 saturated carbocycles. The van der Waals surface area contributed by atoms with Gasteiger partial charge in [-0.05, 0) is 38.9 Å². The third-order valence-corrected chi connectivity index (χ3v) is 4.81. The number of methoxy groups -OCH3 is 1. The second-order valence-corrected chi connectivity index (χ2v) is 6.90. The maximum Gasteiger partial charge on any atom is 0.270 e. The van der Waals surface area contributed by atoms with Crippen LogP contribution in [0.3, 0.4) is 0 Å². The van der Waals surface area contributed by atoms with Gasteiger partial charge in [-0.15, -0.1) is 0 Å². The molecule has 1 aliphatic heterocycles. The van der Waals surface area contributed by atoms with Crippen molar-refractivity contribution in [2.24, 2.45) is 5.41 Å². The van der Waals surface area contributed by atoms with E-state index >= 15 is 0 Å². The maximum atomic E-state index is 12.4. The van der Waals surface area contributed by atoms with E-state index in [1.807, 2.05) is 0 Å². The third kappa shape index (κ3) is 5.73. The number of benzene rings is 1. The molecular weight excluding hydrogens is 352 g/mol. The highest BCUT2D eigenvalue weighted by molar-refractivity contribution is 5.97. The molecule has 1 atom stereocenters. The molecule has 2 rings (SSSR count). The van der Waals surface area contributed by atoms with Gasteiger partial charge in [-0.1, -0.05) is 6.07 Å². The Hall–Kier alpha value is -2.52. The Balaban J connectivity index is 1.91. The number of carbonyl (C=O) groups is 2. The van der Waals surface area contributed by atoms with Gasteiger partial charge in [0, 0.05) is 36.8 Å². The number of hydrogen-bond acceptors (Lipinski definition) is 6. The van der Waals surface area contributed by atoms with Gasteiger partial charge in [-0.3, -0.25) is 19.7 Å². The maximum absolute atomic E-state index is 12.4. The predicted molar refractivity (Wildman–Crippen MR) is 99.4 cm³/mol. The van der Waals surface area contributed by atoms with Crippen molar-refractivity contribution >= 4 is 17.5 Å². The van der Waals surface area contributed by atoms with Crippen molar-refractivity contribution < 1.29 is 19.2 Å². The first-order valence-electron chi connectivity index (χ1n) is 8.89. The van der Waals surface area contributed by atoms with Crippen molar-refractivity contribution in [3.8, 4) is 0 Å². The fourth-order valence-corrected chi connectivity index (χ4v) is 3.17. The average Bonchev–Trinajstić information content (AvgIpc) is 2.67. The van der Waals surface area contributed by atoms with Crippen LogP contribution in [-0.2, 0) is 9.53 Å². The number of ether oxygens (including phenoxy) is 1. The molecule has 1 heterocycles. The van der Waals surface area contributed by atoms with E-state index in [9.17, 15) is 19.7 Å². The molecule has 27 heavy (non-hydrogen) atoms. The number of piperidine rings is 1. The molecule has 0 bridgehead atoms. The standard InChI is InChI=1S/C18H26N4O5/c1-13(21-17(24)14-4-3-5-15(10-14)22(25)26)16(23)20-11-18(12-27-2)6-8-19-9-7-18/h3-5,10,13,19H,6-9,11-12H2,1-2H3,(H,20,23)(H,21,24). The van der Waals surface area contributed by atoms with Crippen molar-refractivity contribution in [3.05, 3.63) is 39.9 Å². The Labute approximate surface area is 158 Å². The van der Waals surface area contributed by atoms with E-state index in [0.717, 1.165) is 25.9 Å². The molecule has 0 aliphatic carbocycles. The number of nitrogens with one attached hydrogen (secondary N) is 3. The number of rotatable bonds is 8. The summed E-state index contributed by atoms with van der Waals surface area (Å²) in [5.41, 5.74) is -0.149. The first kappa shape index (κ1) is 20.8. The van der Waals surface area contributed by atoms with Gasteiger partial charge in [-0.2, -0.15) is 0 Å². The van der Waals surface area contributed by atoms with Crippen LogP contribution in [0.2, 0.25) is 0 Å². The summed E-state index contributed by atoms with van der Waals surface area (Å²) in [6.07, 6.45) is 1.80. The highest BCUT2D eigenvalue weighted by atomic mass is 16.6. The van der Waals surface area contributed by atoms with Gasteiger partial charge in [0.1, 0.15) is 6.04 Å². The minimum Gasteiger partial charge on any atom is -0.384 e. The second kappa shape index (κ2) is 9.43. The predicted octanol–water partition coefficient (Wildman–Crippen LogP) is 0.846. The van der Waals surface area contributed by atoms with Gasteiger partial charge in [0.15, 0.2) is 0 Å². The number of nitro groups is 1. The fraction of sp³-hybridized carbons (Fsp3) is 0.556. The summed E-state index contributed by atoms with van der Waals surface area (Å²) in [6, 6.07) is 4.63. The van der Waals surface area contributed by atoms with Crippen LogP contribution in [0, 0.1) is 15.5 Å². The summed E-state index contributed by atoms with van der Waals surface area (Å²) >= 11 is 0. The minimum absolute atomic E-state index is 0.112. The summed E-state index contributed by atoms with van der Waals surface area (Å²) in [4.78, 5) is 34.9. The van der Waals surface area contributed by atoms with Gasteiger partial charge in [0.05, 0.1) is 11.5 Å². The summed E-state index contributed by atoms with van der Waals surface area (Å²) < 4.78 is 5.33. The first-order valence-corrected chi connectivity index (χ1v) is 8.89. The number of nitrogens with zero attached hydrogens (tertiary/aromatic N) is 1. The van der Waals surface area contributed by atoms with Crippen molar-refractivity contribution in [1.29, 1.82) is 0 Å². The number of non-ortho nitro benzene ring substituents is 1. The highest BCUT2D eigenvalue weighted by Gasteiger charge is 2.33. The Morgan fingerprint density at radius 3 is 2.70 bits per heavy atom. The van der Waals surface area contributed by atoms with Crippen molar-refractivity contribution in [1.82, 2.24) is 16.0 Å². The van der Waals surface area contributed by atoms with Crippen molar-refractivity contribution in [2.75, 3.05) is 33.4 Å². The molecule has 3 N–H and O–H groups in total. The summed E-state index contributed by atoms with van der Waals surface area (Å²) in [5.74, 6) is -0.836. The molecule has 1 aliphatic rings. The lowest BCUT2D eigenvalue weighted by Crippen LogP contribution is -2.51. The van der Waals surface area contributed by atoms with Gasteiger partial charge in [-0.25, -0.2) is 0 Å². The van der Waals surface area contributed by atoms with Gasteiger partial charge >= 0.3 is 0 Å². The zero-order valence-electron chi connectivity index (χ0n) is 15.6. The van der Waals surface area contributed by atoms with Crippen LogP contribution < -0.4 is 16.0 Å². The number of hydrogen-bond donors (Lipinski definition) is 3. The summed E-state index contributed by atoms with van der Waals surface area (Å²) in [5, 5.41) is 19.6. The Kier molecular flexibility index (Phi) is 7.26. The van der Waals surface area contributed by atoms with E-state index in [1.165, 1.54) is 24.3 Å². The topological polar surface area (TPSA) is 123 Å². The highest BCUT2D eigenvalue weighted by Crippen LogP contribution is 2.28. The second-order valence-electron chi connectivity index (χ2n) is 6.90. The summed E-state index contributed by atoms with van der Waals surface area (Å²) in [6.45, 7) is 4.36. The van der Waals surface area contributed by atoms with Crippen LogP contribution in [0.15, 0.2) is 24.3 Å². The number of amides is 2. The van der Waals surface area contributed by atoms with E-state index in [4.69, 9.17) is 4.74 Å². The van der Waals surface area contributed by atoms with Crippen LogP contribution >= 0.6 is 0 Å². The van der Waals surface area contributed by atoms with E-state index in [1.54, 1.807) is 14.0 Å². The summed E-state index contributed by atoms with van der Waals surface area (Å²) in [7, 11) is 1.65. The van der Waals surface area contributed by atoms with Crippen molar-refractivity contribution in [2.45, 2.75) is 25.8 Å². The molecule has 1 unspecified atom stereocenters. The van der Waals surface area contributed by atoms with Crippen LogP contribution in [0.4, 0.5) is 5.69 Å². The van der Waals surface area contributed by atoms with E-state index in [-0.39, 0.29) is 22.6 Å². The largest absolute Gasteiger partial charge is 0.384 e. The molecule has 1 fully saturated rings. The molecule has 0 aromatic heterocycles. The van der Waals surface area contributed by atoms with Gasteiger partial charge in [0.2, 0.25) is 5.91 Å². The van der Waals surface area contributed by atoms with Crippen LogP contribution in [0.25, 0.3) is 0 Å². The Bertz CT molecular complexity index is 683. The molecule has 9 heteroatoms. The first-order chi connectivity index (χ1) is 12.9. The zero-order valence-corrected chi connectivity index (χ0v) is 15.6. The zero-order chi connectivity index (χ0) is 19.9. The molecule has 1 aromatic rings. The molecule has 1 aromatic carbocycles. The van der Waals surface area contributed by atoms with Crippen LogP contribution in [0.5, 0.6) is 0 Å². The SMILES string of the molecule is COCC1(CNC(=O)C(C)NC(=O)c2cccc([N+](=O)[O-])c2)CCNCC1. The van der Waals surface area contributed by atoms with Gasteiger partial charge in [0.25, 0.3) is 11.6 Å². The molecule has 148 valence electrons. The average molecular weight is 378 g/mol. The lowest BCUT2D eigenvalue weighted by atomic mass is 9.79. The molecule has 9 nitrogen and oxygen atoms in total. The quantitative estimate of drug-likeness (QED) is 0.455. The normalized spacial score (nSPS) is 17.0. The smallest absolute Gasteiger partial charge is 0.270 e. The van der Waals surface area contributed by atoms with Crippen LogP contribution in [-0.4, -0.2) is 56.1 Å². The van der Waals surface area contributed by atoms with Crippen molar-refractivity contribution in [3.63, 3.8) is 0 Å².